The molecule has 0 fully saturated rings. The summed E-state index contributed by atoms with van der Waals surface area (Å²) in [5.74, 6) is -1.71. The molecule has 30 heavy (non-hydrogen) atoms. The fourth-order valence-electron chi connectivity index (χ4n) is 3.16. The molecule has 0 radical (unpaired) electrons. The Morgan fingerprint density at radius 1 is 1.13 bits per heavy atom. The monoisotopic (exact) mass is 417 g/mol. The minimum absolute atomic E-state index is 0.0825. The predicted molar refractivity (Wildman–Crippen MR) is 106 cm³/mol. The number of methoxy groups -OCH3 is 1. The number of carbonyl (C=O) groups is 2. The first kappa shape index (κ1) is 21.1. The third kappa shape index (κ3) is 4.35. The molecule has 0 aromatic heterocycles. The molecule has 1 aliphatic rings. The summed E-state index contributed by atoms with van der Waals surface area (Å²) < 4.78 is 37.5. The second kappa shape index (κ2) is 8.81. The molecule has 1 heterocycles. The maximum atomic E-state index is 13.5. The van der Waals surface area contributed by atoms with Gasteiger partial charge in [0.05, 0.1) is 25.3 Å². The number of ether oxygens (including phenoxy) is 2. The maximum absolute atomic E-state index is 13.5. The summed E-state index contributed by atoms with van der Waals surface area (Å²) in [7, 11) is 1.49. The number of rotatable bonds is 6. The highest BCUT2D eigenvalue weighted by Gasteiger charge is 2.32. The number of anilines is 1. The predicted octanol–water partition coefficient (Wildman–Crippen LogP) is 3.64. The average Bonchev–Trinajstić information content (AvgIpc) is 2.70. The minimum Gasteiger partial charge on any atom is -0.493 e. The van der Waals surface area contributed by atoms with Gasteiger partial charge in [0, 0.05) is 17.5 Å². The average molecular weight is 417 g/mol. The third-order valence-electron chi connectivity index (χ3n) is 4.51. The van der Waals surface area contributed by atoms with Crippen molar-refractivity contribution in [2.45, 2.75) is 19.9 Å². The van der Waals surface area contributed by atoms with Gasteiger partial charge in [0.1, 0.15) is 0 Å². The lowest BCUT2D eigenvalue weighted by atomic mass is 9.94. The molecule has 2 aromatic rings. The van der Waals surface area contributed by atoms with Crippen LogP contribution < -0.4 is 25.4 Å². The van der Waals surface area contributed by atoms with Gasteiger partial charge in [-0.3, -0.25) is 4.79 Å². The highest BCUT2D eigenvalue weighted by molar-refractivity contribution is 6.06. The van der Waals surface area contributed by atoms with Gasteiger partial charge >= 0.3 is 6.03 Å². The van der Waals surface area contributed by atoms with E-state index in [4.69, 9.17) is 9.47 Å². The Labute approximate surface area is 172 Å². The van der Waals surface area contributed by atoms with Crippen molar-refractivity contribution in [2.24, 2.45) is 0 Å². The van der Waals surface area contributed by atoms with Crippen molar-refractivity contribution in [1.29, 1.82) is 0 Å². The van der Waals surface area contributed by atoms with E-state index in [1.165, 1.54) is 13.2 Å². The van der Waals surface area contributed by atoms with Crippen LogP contribution in [-0.4, -0.2) is 25.7 Å². The second-order valence-electron chi connectivity index (χ2n) is 6.50. The molecule has 2 aromatic carbocycles. The Bertz CT molecular complexity index is 1020. The maximum Gasteiger partial charge on any atom is 0.319 e. The van der Waals surface area contributed by atoms with Crippen molar-refractivity contribution in [3.05, 3.63) is 64.9 Å². The van der Waals surface area contributed by atoms with E-state index in [0.717, 1.165) is 12.1 Å². The molecule has 3 amide bonds. The minimum atomic E-state index is -1.08. The molecule has 7 nitrogen and oxygen atoms in total. The van der Waals surface area contributed by atoms with Crippen LogP contribution in [0.4, 0.5) is 19.3 Å². The number of nitrogens with one attached hydrogen (secondary N) is 3. The molecular weight excluding hydrogens is 396 g/mol. The first-order chi connectivity index (χ1) is 14.3. The second-order valence-corrected chi connectivity index (χ2v) is 6.50. The molecule has 9 heteroatoms. The van der Waals surface area contributed by atoms with Gasteiger partial charge in [-0.15, -0.1) is 0 Å². The summed E-state index contributed by atoms with van der Waals surface area (Å²) >= 11 is 0. The van der Waals surface area contributed by atoms with Crippen molar-refractivity contribution >= 4 is 17.6 Å². The molecule has 3 rings (SSSR count). The number of benzene rings is 2. The van der Waals surface area contributed by atoms with E-state index < -0.39 is 29.6 Å². The topological polar surface area (TPSA) is 88.7 Å². The van der Waals surface area contributed by atoms with Crippen molar-refractivity contribution < 1.29 is 27.8 Å². The molecule has 0 saturated heterocycles. The van der Waals surface area contributed by atoms with Crippen LogP contribution in [0.3, 0.4) is 0 Å². The van der Waals surface area contributed by atoms with E-state index in [-0.39, 0.29) is 11.3 Å². The third-order valence-corrected chi connectivity index (χ3v) is 4.51. The Morgan fingerprint density at radius 2 is 1.90 bits per heavy atom. The summed E-state index contributed by atoms with van der Waals surface area (Å²) in [5.41, 5.74) is 1.21. The summed E-state index contributed by atoms with van der Waals surface area (Å²) in [6, 6.07) is 6.83. The van der Waals surface area contributed by atoms with Gasteiger partial charge in [-0.05, 0) is 43.7 Å². The van der Waals surface area contributed by atoms with E-state index in [0.29, 0.717) is 29.4 Å². The van der Waals surface area contributed by atoms with E-state index in [2.05, 4.69) is 16.0 Å². The molecule has 3 N–H and O–H groups in total. The van der Waals surface area contributed by atoms with E-state index in [9.17, 15) is 18.4 Å². The molecule has 1 unspecified atom stereocenters. The zero-order valence-electron chi connectivity index (χ0n) is 16.6. The molecule has 158 valence electrons. The highest BCUT2D eigenvalue weighted by atomic mass is 19.2. The lowest BCUT2D eigenvalue weighted by Crippen LogP contribution is -2.46. The Balaban J connectivity index is 1.96. The first-order valence-corrected chi connectivity index (χ1v) is 9.19. The lowest BCUT2D eigenvalue weighted by molar-refractivity contribution is -0.113. The van der Waals surface area contributed by atoms with Crippen LogP contribution in [0.5, 0.6) is 11.5 Å². The molecule has 0 bridgehead atoms. The van der Waals surface area contributed by atoms with Gasteiger partial charge in [-0.1, -0.05) is 6.07 Å². The zero-order chi connectivity index (χ0) is 21.8. The van der Waals surface area contributed by atoms with Gasteiger partial charge in [-0.2, -0.15) is 0 Å². The van der Waals surface area contributed by atoms with Crippen molar-refractivity contribution in [2.75, 3.05) is 19.0 Å². The number of allylic oxidation sites excluding steroid dienone is 1. The van der Waals surface area contributed by atoms with Gasteiger partial charge in [0.15, 0.2) is 23.1 Å². The van der Waals surface area contributed by atoms with E-state index >= 15 is 0 Å². The Morgan fingerprint density at radius 3 is 2.57 bits per heavy atom. The molecular formula is C21H21F2N3O4. The number of halogens is 2. The first-order valence-electron chi connectivity index (χ1n) is 9.19. The van der Waals surface area contributed by atoms with Crippen molar-refractivity contribution in [3.63, 3.8) is 0 Å². The zero-order valence-corrected chi connectivity index (χ0v) is 16.6. The molecule has 0 spiro atoms. The van der Waals surface area contributed by atoms with Gasteiger partial charge in [0.25, 0.3) is 5.91 Å². The summed E-state index contributed by atoms with van der Waals surface area (Å²) in [5, 5.41) is 7.79. The largest absolute Gasteiger partial charge is 0.493 e. The van der Waals surface area contributed by atoms with Crippen LogP contribution in [0.1, 0.15) is 25.5 Å². The van der Waals surface area contributed by atoms with Crippen LogP contribution in [0, 0.1) is 11.6 Å². The van der Waals surface area contributed by atoms with Gasteiger partial charge < -0.3 is 25.4 Å². The van der Waals surface area contributed by atoms with Crippen LogP contribution >= 0.6 is 0 Å². The van der Waals surface area contributed by atoms with Gasteiger partial charge in [-0.25, -0.2) is 13.6 Å². The summed E-state index contributed by atoms with van der Waals surface area (Å²) in [4.78, 5) is 25.0. The number of hydrogen-bond donors (Lipinski definition) is 3. The normalized spacial score (nSPS) is 15.9. The van der Waals surface area contributed by atoms with Crippen molar-refractivity contribution in [3.8, 4) is 11.5 Å². The number of amides is 3. The SMILES string of the molecule is CCOc1ccc(C2NC(=O)NC(C)=C2C(=O)Nc2ccc(F)c(F)c2)cc1OC. The van der Waals surface area contributed by atoms with Crippen LogP contribution in [0.15, 0.2) is 47.7 Å². The Hall–Kier alpha value is -3.62. The van der Waals surface area contributed by atoms with Crippen molar-refractivity contribution in [1.82, 2.24) is 10.6 Å². The highest BCUT2D eigenvalue weighted by Crippen LogP contribution is 2.34. The fourth-order valence-corrected chi connectivity index (χ4v) is 3.16. The molecule has 1 atom stereocenters. The number of urea groups is 1. The lowest BCUT2D eigenvalue weighted by Gasteiger charge is -2.29. The molecule has 0 aliphatic carbocycles. The van der Waals surface area contributed by atoms with Crippen LogP contribution in [0.2, 0.25) is 0 Å². The fraction of sp³-hybridized carbons (Fsp3) is 0.238. The number of hydrogen-bond acceptors (Lipinski definition) is 4. The van der Waals surface area contributed by atoms with E-state index in [1.807, 2.05) is 6.92 Å². The van der Waals surface area contributed by atoms with Gasteiger partial charge in [0.2, 0.25) is 0 Å². The van der Waals surface area contributed by atoms with Crippen LogP contribution in [-0.2, 0) is 4.79 Å². The summed E-state index contributed by atoms with van der Waals surface area (Å²) in [6.07, 6.45) is 0. The Kier molecular flexibility index (Phi) is 6.20. The summed E-state index contributed by atoms with van der Waals surface area (Å²) in [6.45, 7) is 3.87. The standard InChI is InChI=1S/C21H21F2N3O4/c1-4-30-16-8-5-12(9-17(16)29-3)19-18(11(2)24-21(28)26-19)20(27)25-13-6-7-14(22)15(23)10-13/h5-10,19H,4H2,1-3H3,(H,25,27)(H2,24,26,28). The molecule has 0 saturated carbocycles. The number of carbonyl (C=O) groups excluding carboxylic acids is 2. The quantitative estimate of drug-likeness (QED) is 0.670. The van der Waals surface area contributed by atoms with Crippen LogP contribution in [0.25, 0.3) is 0 Å². The molecule has 1 aliphatic heterocycles. The smallest absolute Gasteiger partial charge is 0.319 e. The van der Waals surface area contributed by atoms with E-state index in [1.54, 1.807) is 25.1 Å².